The maximum absolute atomic E-state index is 13.3. The first-order valence-electron chi connectivity index (χ1n) is 12.2. The number of amides is 4. The molecule has 0 radical (unpaired) electrons. The molecule has 5 atom stereocenters. The molecule has 1 aromatic carbocycles. The summed E-state index contributed by atoms with van der Waals surface area (Å²) in [6.45, 7) is 4.95. The fourth-order valence-electron chi connectivity index (χ4n) is 3.80. The van der Waals surface area contributed by atoms with Crippen LogP contribution in [0, 0.1) is 5.92 Å². The summed E-state index contributed by atoms with van der Waals surface area (Å²) in [7, 11) is 0. The van der Waals surface area contributed by atoms with Crippen LogP contribution in [0.25, 0.3) is 10.9 Å². The Morgan fingerprint density at radius 1 is 0.973 bits per heavy atom. The van der Waals surface area contributed by atoms with Gasteiger partial charge in [0.25, 0.3) is 0 Å². The number of carboxylic acids is 1. The van der Waals surface area contributed by atoms with E-state index >= 15 is 0 Å². The fourth-order valence-corrected chi connectivity index (χ4v) is 3.80. The standard InChI is InChI=1S/C25H36N6O6/c1-4-13(2)21(25(36)37)31-24(35)19(11-15-12-28-17-8-6-5-7-16(15)17)30-23(34)18(9-10-20(27)32)29-22(33)14(3)26/h5-8,12-14,18-19,21,28H,4,9-11,26H2,1-3H3,(H2,27,32)(H,29,33)(H,30,34)(H,31,35)(H,36,37). The summed E-state index contributed by atoms with van der Waals surface area (Å²) in [6.07, 6.45) is 1.97. The zero-order valence-corrected chi connectivity index (χ0v) is 21.2. The van der Waals surface area contributed by atoms with Crippen LogP contribution in [0.3, 0.4) is 0 Å². The molecule has 0 bridgehead atoms. The van der Waals surface area contributed by atoms with Crippen molar-refractivity contribution in [3.63, 3.8) is 0 Å². The van der Waals surface area contributed by atoms with Gasteiger partial charge in [0.1, 0.15) is 18.1 Å². The molecule has 4 amide bonds. The summed E-state index contributed by atoms with van der Waals surface area (Å²) in [6, 6.07) is 2.96. The number of para-hydroxylation sites is 1. The molecule has 12 heteroatoms. The minimum atomic E-state index is -1.19. The van der Waals surface area contributed by atoms with Gasteiger partial charge in [0.15, 0.2) is 0 Å². The van der Waals surface area contributed by atoms with Crippen LogP contribution in [-0.4, -0.2) is 63.9 Å². The third kappa shape index (κ3) is 8.31. The summed E-state index contributed by atoms with van der Waals surface area (Å²) >= 11 is 0. The summed E-state index contributed by atoms with van der Waals surface area (Å²) in [4.78, 5) is 64.9. The van der Waals surface area contributed by atoms with Crippen LogP contribution in [0.2, 0.25) is 0 Å². The number of benzene rings is 1. The van der Waals surface area contributed by atoms with Gasteiger partial charge in [-0.3, -0.25) is 19.2 Å². The summed E-state index contributed by atoms with van der Waals surface area (Å²) < 4.78 is 0. The van der Waals surface area contributed by atoms with Crippen LogP contribution < -0.4 is 27.4 Å². The third-order valence-electron chi connectivity index (χ3n) is 6.23. The lowest BCUT2D eigenvalue weighted by Gasteiger charge is -2.26. The Balaban J connectivity index is 2.35. The van der Waals surface area contributed by atoms with Gasteiger partial charge in [-0.1, -0.05) is 38.5 Å². The molecule has 2 aromatic rings. The van der Waals surface area contributed by atoms with Crippen molar-refractivity contribution in [2.24, 2.45) is 17.4 Å². The van der Waals surface area contributed by atoms with E-state index in [9.17, 15) is 29.1 Å². The fraction of sp³-hybridized carbons (Fsp3) is 0.480. The number of primary amides is 1. The Kier molecular flexibility index (Phi) is 10.6. The lowest BCUT2D eigenvalue weighted by Crippen LogP contribution is -2.58. The van der Waals surface area contributed by atoms with E-state index in [1.807, 2.05) is 31.2 Å². The number of hydrogen-bond donors (Lipinski definition) is 7. The normalized spacial score (nSPS) is 15.1. The molecule has 0 saturated carbocycles. The second kappa shape index (κ2) is 13.4. The van der Waals surface area contributed by atoms with E-state index in [2.05, 4.69) is 20.9 Å². The lowest BCUT2D eigenvalue weighted by molar-refractivity contribution is -0.143. The zero-order valence-electron chi connectivity index (χ0n) is 21.2. The van der Waals surface area contributed by atoms with Crippen molar-refractivity contribution in [1.29, 1.82) is 0 Å². The van der Waals surface area contributed by atoms with Crippen LogP contribution in [0.5, 0.6) is 0 Å². The van der Waals surface area contributed by atoms with Crippen molar-refractivity contribution >= 4 is 40.5 Å². The molecule has 0 aliphatic rings. The number of H-pyrrole nitrogens is 1. The molecule has 202 valence electrons. The SMILES string of the molecule is CCC(C)C(NC(=O)C(Cc1c[nH]c2ccccc12)NC(=O)C(CCC(N)=O)NC(=O)C(C)N)C(=O)O. The number of rotatable bonds is 14. The predicted octanol–water partition coefficient (Wildman–Crippen LogP) is -0.0918. The molecule has 5 unspecified atom stereocenters. The van der Waals surface area contributed by atoms with Crippen molar-refractivity contribution in [1.82, 2.24) is 20.9 Å². The van der Waals surface area contributed by atoms with Crippen molar-refractivity contribution in [2.75, 3.05) is 0 Å². The van der Waals surface area contributed by atoms with Gasteiger partial charge in [-0.05, 0) is 30.9 Å². The molecular weight excluding hydrogens is 480 g/mol. The quantitative estimate of drug-likeness (QED) is 0.181. The van der Waals surface area contributed by atoms with E-state index in [0.717, 1.165) is 16.5 Å². The minimum absolute atomic E-state index is 0.0399. The molecule has 37 heavy (non-hydrogen) atoms. The molecule has 0 fully saturated rings. The Hall–Kier alpha value is -3.93. The van der Waals surface area contributed by atoms with Gasteiger partial charge in [0.2, 0.25) is 23.6 Å². The Bertz CT molecular complexity index is 1130. The van der Waals surface area contributed by atoms with Gasteiger partial charge < -0.3 is 37.5 Å². The monoisotopic (exact) mass is 516 g/mol. The van der Waals surface area contributed by atoms with E-state index in [1.54, 1.807) is 13.1 Å². The Morgan fingerprint density at radius 2 is 1.59 bits per heavy atom. The summed E-state index contributed by atoms with van der Waals surface area (Å²) in [5, 5.41) is 18.1. The number of carboxylic acid groups (broad SMARTS) is 1. The number of nitrogens with one attached hydrogen (secondary N) is 4. The van der Waals surface area contributed by atoms with E-state index < -0.39 is 53.8 Å². The molecule has 9 N–H and O–H groups in total. The Morgan fingerprint density at radius 3 is 2.19 bits per heavy atom. The van der Waals surface area contributed by atoms with E-state index in [0.29, 0.717) is 6.42 Å². The van der Waals surface area contributed by atoms with Crippen LogP contribution in [0.4, 0.5) is 0 Å². The number of fused-ring (bicyclic) bond motifs is 1. The van der Waals surface area contributed by atoms with Crippen LogP contribution in [0.15, 0.2) is 30.5 Å². The highest BCUT2D eigenvalue weighted by Crippen LogP contribution is 2.19. The molecule has 0 aliphatic heterocycles. The molecule has 0 saturated heterocycles. The van der Waals surface area contributed by atoms with Crippen molar-refractivity contribution in [3.8, 4) is 0 Å². The highest BCUT2D eigenvalue weighted by Gasteiger charge is 2.32. The molecular formula is C25H36N6O6. The van der Waals surface area contributed by atoms with Gasteiger partial charge >= 0.3 is 5.97 Å². The average molecular weight is 517 g/mol. The topological polar surface area (TPSA) is 210 Å². The van der Waals surface area contributed by atoms with Crippen LogP contribution in [0.1, 0.15) is 45.6 Å². The number of hydrogen-bond acceptors (Lipinski definition) is 6. The molecule has 2 rings (SSSR count). The Labute approximate surface area is 214 Å². The molecule has 1 aromatic heterocycles. The third-order valence-corrected chi connectivity index (χ3v) is 6.23. The zero-order chi connectivity index (χ0) is 27.7. The predicted molar refractivity (Wildman–Crippen MR) is 137 cm³/mol. The highest BCUT2D eigenvalue weighted by atomic mass is 16.4. The van der Waals surface area contributed by atoms with Gasteiger partial charge in [0, 0.05) is 29.9 Å². The van der Waals surface area contributed by atoms with Gasteiger partial charge in [-0.2, -0.15) is 0 Å². The summed E-state index contributed by atoms with van der Waals surface area (Å²) in [5.41, 5.74) is 12.4. The first-order chi connectivity index (χ1) is 17.4. The van der Waals surface area contributed by atoms with Crippen molar-refractivity contribution in [3.05, 3.63) is 36.0 Å². The number of aromatic nitrogens is 1. The largest absolute Gasteiger partial charge is 0.480 e. The van der Waals surface area contributed by atoms with Gasteiger partial charge in [-0.25, -0.2) is 4.79 Å². The first-order valence-corrected chi connectivity index (χ1v) is 12.2. The number of carbonyl (C=O) groups is 5. The van der Waals surface area contributed by atoms with E-state index in [4.69, 9.17) is 11.5 Å². The minimum Gasteiger partial charge on any atom is -0.480 e. The van der Waals surface area contributed by atoms with Gasteiger partial charge in [-0.15, -0.1) is 0 Å². The first kappa shape index (κ1) is 29.3. The maximum Gasteiger partial charge on any atom is 0.326 e. The summed E-state index contributed by atoms with van der Waals surface area (Å²) in [5.74, 6) is -4.27. The number of aliphatic carboxylic acids is 1. The molecule has 12 nitrogen and oxygen atoms in total. The smallest absolute Gasteiger partial charge is 0.326 e. The van der Waals surface area contributed by atoms with Crippen LogP contribution in [-0.2, 0) is 30.4 Å². The van der Waals surface area contributed by atoms with Crippen LogP contribution >= 0.6 is 0 Å². The van der Waals surface area contributed by atoms with Crippen molar-refractivity contribution < 1.29 is 29.1 Å². The van der Waals surface area contributed by atoms with Crippen molar-refractivity contribution in [2.45, 2.75) is 70.6 Å². The molecule has 0 spiro atoms. The number of nitrogens with two attached hydrogens (primary N) is 2. The highest BCUT2D eigenvalue weighted by molar-refractivity contribution is 5.95. The lowest BCUT2D eigenvalue weighted by atomic mass is 9.97. The molecule has 1 heterocycles. The van der Waals surface area contributed by atoms with E-state index in [1.165, 1.54) is 6.92 Å². The van der Waals surface area contributed by atoms with Gasteiger partial charge in [0.05, 0.1) is 6.04 Å². The van der Waals surface area contributed by atoms with E-state index in [-0.39, 0.29) is 25.2 Å². The second-order valence-corrected chi connectivity index (χ2v) is 9.19. The molecule has 0 aliphatic carbocycles. The second-order valence-electron chi connectivity index (χ2n) is 9.19. The number of carbonyl (C=O) groups excluding carboxylic acids is 4. The average Bonchev–Trinajstić information content (AvgIpc) is 3.26. The maximum atomic E-state index is 13.3. The number of aromatic amines is 1.